The first kappa shape index (κ1) is 19.8. The summed E-state index contributed by atoms with van der Waals surface area (Å²) in [6.07, 6.45) is 1.21. The van der Waals surface area contributed by atoms with Gasteiger partial charge in [-0.1, -0.05) is 47.5 Å². The highest BCUT2D eigenvalue weighted by Gasteiger charge is 2.15. The number of imidazole rings is 1. The Labute approximate surface area is 178 Å². The topological polar surface area (TPSA) is 72.1 Å². The van der Waals surface area contributed by atoms with Crippen LogP contribution in [0.3, 0.4) is 0 Å². The predicted octanol–water partition coefficient (Wildman–Crippen LogP) is 5.52. The predicted molar refractivity (Wildman–Crippen MR) is 115 cm³/mol. The molecule has 8 heteroatoms. The van der Waals surface area contributed by atoms with Gasteiger partial charge in [-0.15, -0.1) is 0 Å². The Morgan fingerprint density at radius 3 is 2.55 bits per heavy atom. The Hall–Kier alpha value is -2.54. The van der Waals surface area contributed by atoms with Crippen molar-refractivity contribution in [2.45, 2.75) is 11.5 Å². The van der Waals surface area contributed by atoms with Gasteiger partial charge < -0.3 is 9.72 Å². The number of benzene rings is 3. The summed E-state index contributed by atoms with van der Waals surface area (Å²) < 4.78 is 29.9. The van der Waals surface area contributed by atoms with Crippen LogP contribution in [0.5, 0.6) is 5.75 Å². The Morgan fingerprint density at radius 1 is 1.00 bits per heavy atom. The molecule has 1 heterocycles. The molecular weight excluding hydrogens is 431 g/mol. The fourth-order valence-electron chi connectivity index (χ4n) is 3.05. The van der Waals surface area contributed by atoms with Crippen molar-refractivity contribution in [3.05, 3.63) is 76.5 Å². The lowest BCUT2D eigenvalue weighted by Gasteiger charge is -2.07. The lowest BCUT2D eigenvalue weighted by molar-refractivity contribution is 0.297. The van der Waals surface area contributed by atoms with Crippen molar-refractivity contribution in [1.29, 1.82) is 0 Å². The summed E-state index contributed by atoms with van der Waals surface area (Å²) in [5.74, 6) is 1.22. The van der Waals surface area contributed by atoms with Gasteiger partial charge in [0.1, 0.15) is 18.2 Å². The van der Waals surface area contributed by atoms with Crippen LogP contribution >= 0.6 is 23.2 Å². The number of aromatic amines is 1. The molecule has 0 spiro atoms. The zero-order valence-electron chi connectivity index (χ0n) is 15.3. The van der Waals surface area contributed by atoms with Gasteiger partial charge in [0.2, 0.25) is 0 Å². The molecule has 0 aliphatic rings. The third kappa shape index (κ3) is 4.24. The van der Waals surface area contributed by atoms with E-state index in [1.165, 1.54) is 6.26 Å². The number of aromatic nitrogens is 2. The molecule has 0 saturated heterocycles. The molecule has 0 saturated carbocycles. The summed E-state index contributed by atoms with van der Waals surface area (Å²) in [5, 5.41) is 0.882. The lowest BCUT2D eigenvalue weighted by Crippen LogP contribution is -1.99. The molecule has 0 aliphatic heterocycles. The van der Waals surface area contributed by atoms with Crippen molar-refractivity contribution in [3.63, 3.8) is 0 Å². The van der Waals surface area contributed by atoms with Crippen LogP contribution < -0.4 is 4.74 Å². The smallest absolute Gasteiger partial charge is 0.176 e. The largest absolute Gasteiger partial charge is 0.486 e. The minimum absolute atomic E-state index is 0.224. The highest BCUT2D eigenvalue weighted by atomic mass is 35.5. The van der Waals surface area contributed by atoms with Crippen molar-refractivity contribution in [2.24, 2.45) is 0 Å². The molecule has 0 amide bonds. The first-order valence-corrected chi connectivity index (χ1v) is 11.3. The van der Waals surface area contributed by atoms with Crippen LogP contribution in [0.25, 0.3) is 22.2 Å². The van der Waals surface area contributed by atoms with E-state index in [1.807, 2.05) is 24.3 Å². The van der Waals surface area contributed by atoms with Crippen LogP contribution in [0, 0.1) is 0 Å². The number of H-pyrrole nitrogens is 1. The first-order valence-electron chi connectivity index (χ1n) is 8.67. The second-order valence-corrected chi connectivity index (χ2v) is 9.35. The van der Waals surface area contributed by atoms with Crippen LogP contribution in [0.1, 0.15) is 5.82 Å². The van der Waals surface area contributed by atoms with E-state index in [0.717, 1.165) is 16.6 Å². The van der Waals surface area contributed by atoms with Crippen molar-refractivity contribution < 1.29 is 13.2 Å². The van der Waals surface area contributed by atoms with Gasteiger partial charge in [-0.05, 0) is 35.9 Å². The van der Waals surface area contributed by atoms with Gasteiger partial charge in [-0.3, -0.25) is 0 Å². The van der Waals surface area contributed by atoms with Gasteiger partial charge in [0.05, 0.1) is 26.0 Å². The molecule has 0 radical (unpaired) electrons. The van der Waals surface area contributed by atoms with Gasteiger partial charge in [0.25, 0.3) is 0 Å². The molecule has 29 heavy (non-hydrogen) atoms. The fraction of sp³-hybridized carbons (Fsp3) is 0.0952. The average Bonchev–Trinajstić information content (AvgIpc) is 3.10. The Kier molecular flexibility index (Phi) is 5.25. The third-order valence-electron chi connectivity index (χ3n) is 4.40. The zero-order valence-corrected chi connectivity index (χ0v) is 17.6. The Bertz CT molecular complexity index is 1320. The van der Waals surface area contributed by atoms with E-state index in [1.54, 1.807) is 36.4 Å². The molecule has 1 aromatic heterocycles. The molecule has 148 valence electrons. The number of ether oxygens (including phenoxy) is 1. The van der Waals surface area contributed by atoms with E-state index in [2.05, 4.69) is 9.97 Å². The number of nitrogens with zero attached hydrogens (tertiary/aromatic N) is 1. The van der Waals surface area contributed by atoms with Gasteiger partial charge in [-0.25, -0.2) is 13.4 Å². The van der Waals surface area contributed by atoms with Crippen LogP contribution in [0.2, 0.25) is 10.0 Å². The summed E-state index contributed by atoms with van der Waals surface area (Å²) in [5.41, 5.74) is 3.00. The molecule has 0 fully saturated rings. The summed E-state index contributed by atoms with van der Waals surface area (Å²) in [7, 11) is -3.34. The zero-order chi connectivity index (χ0) is 20.6. The molecular formula is C21H16Cl2N2O3S. The quantitative estimate of drug-likeness (QED) is 0.437. The molecule has 0 unspecified atom stereocenters. The third-order valence-corrected chi connectivity index (χ3v) is 6.29. The summed E-state index contributed by atoms with van der Waals surface area (Å²) in [6, 6.07) is 17.6. The maximum absolute atomic E-state index is 12.1. The van der Waals surface area contributed by atoms with Crippen LogP contribution in [-0.4, -0.2) is 24.6 Å². The molecule has 0 atom stereocenters. The lowest BCUT2D eigenvalue weighted by atomic mass is 10.1. The van der Waals surface area contributed by atoms with E-state index in [0.29, 0.717) is 32.1 Å². The summed E-state index contributed by atoms with van der Waals surface area (Å²) >= 11 is 11.9. The number of hydrogen-bond donors (Lipinski definition) is 1. The normalized spacial score (nSPS) is 11.7. The maximum Gasteiger partial charge on any atom is 0.176 e. The number of nitrogens with one attached hydrogen (secondary N) is 1. The van der Waals surface area contributed by atoms with Crippen molar-refractivity contribution in [3.8, 4) is 16.9 Å². The number of sulfone groups is 1. The highest BCUT2D eigenvalue weighted by Crippen LogP contribution is 2.30. The van der Waals surface area contributed by atoms with Gasteiger partial charge in [-0.2, -0.15) is 0 Å². The molecule has 0 aliphatic carbocycles. The standard InChI is InChI=1S/C21H16Cl2N2O3S/c1-29(26,27)20-5-3-2-4-15(20)13-6-9-18-19(10-13)25-21(24-18)12-28-14-7-8-16(22)17(23)11-14/h2-11H,12H2,1H3,(H,24,25). The second kappa shape index (κ2) is 7.71. The summed E-state index contributed by atoms with van der Waals surface area (Å²) in [4.78, 5) is 8.03. The molecule has 3 aromatic carbocycles. The van der Waals surface area contributed by atoms with Gasteiger partial charge >= 0.3 is 0 Å². The number of halogens is 2. The number of fused-ring (bicyclic) bond motifs is 1. The Balaban J connectivity index is 1.63. The highest BCUT2D eigenvalue weighted by molar-refractivity contribution is 7.90. The van der Waals surface area contributed by atoms with E-state index in [-0.39, 0.29) is 6.61 Å². The summed E-state index contributed by atoms with van der Waals surface area (Å²) in [6.45, 7) is 0.224. The first-order chi connectivity index (χ1) is 13.8. The fourth-order valence-corrected chi connectivity index (χ4v) is 4.24. The minimum atomic E-state index is -3.34. The molecule has 4 rings (SSSR count). The van der Waals surface area contributed by atoms with Crippen molar-refractivity contribution in [2.75, 3.05) is 6.26 Å². The van der Waals surface area contributed by atoms with E-state index in [9.17, 15) is 8.42 Å². The monoisotopic (exact) mass is 446 g/mol. The van der Waals surface area contributed by atoms with Crippen LogP contribution in [-0.2, 0) is 16.4 Å². The van der Waals surface area contributed by atoms with E-state index >= 15 is 0 Å². The van der Waals surface area contributed by atoms with Crippen molar-refractivity contribution >= 4 is 44.1 Å². The minimum Gasteiger partial charge on any atom is -0.486 e. The van der Waals surface area contributed by atoms with Crippen LogP contribution in [0.4, 0.5) is 0 Å². The van der Waals surface area contributed by atoms with Crippen LogP contribution in [0.15, 0.2) is 65.6 Å². The number of rotatable bonds is 5. The average molecular weight is 447 g/mol. The Morgan fingerprint density at radius 2 is 1.79 bits per heavy atom. The number of hydrogen-bond acceptors (Lipinski definition) is 4. The van der Waals surface area contributed by atoms with Gasteiger partial charge in [0.15, 0.2) is 9.84 Å². The molecule has 4 aromatic rings. The molecule has 5 nitrogen and oxygen atoms in total. The molecule has 0 bridgehead atoms. The van der Waals surface area contributed by atoms with Gasteiger partial charge in [0, 0.05) is 17.9 Å². The van der Waals surface area contributed by atoms with Crippen molar-refractivity contribution in [1.82, 2.24) is 9.97 Å². The second-order valence-electron chi connectivity index (χ2n) is 6.55. The van der Waals surface area contributed by atoms with E-state index < -0.39 is 9.84 Å². The van der Waals surface area contributed by atoms with E-state index in [4.69, 9.17) is 27.9 Å². The molecule has 1 N–H and O–H groups in total. The maximum atomic E-state index is 12.1. The SMILES string of the molecule is CS(=O)(=O)c1ccccc1-c1ccc2nc(COc3ccc(Cl)c(Cl)c3)[nH]c2c1.